The molecule has 0 aromatic heterocycles. The minimum Gasteiger partial charge on any atom is -0.362 e. The summed E-state index contributed by atoms with van der Waals surface area (Å²) < 4.78 is 41.2. The maximum Gasteiger partial charge on any atom is 0.439 e. The summed E-state index contributed by atoms with van der Waals surface area (Å²) in [5, 5.41) is 25.1. The first-order valence-corrected chi connectivity index (χ1v) is 8.11. The van der Waals surface area contributed by atoms with Crippen LogP contribution in [0, 0.1) is 16.0 Å². The van der Waals surface area contributed by atoms with Crippen LogP contribution in [0.4, 0.5) is 18.9 Å². The number of carbonyl (C=O) groups is 1. The Hall–Kier alpha value is -2.49. The molecule has 1 aromatic rings. The smallest absolute Gasteiger partial charge is 0.362 e. The number of benzene rings is 1. The number of hydrogen-bond acceptors (Lipinski definition) is 5. The van der Waals surface area contributed by atoms with Crippen molar-refractivity contribution in [1.82, 2.24) is 5.01 Å². The Labute approximate surface area is 146 Å². The molecule has 1 aliphatic carbocycles. The average Bonchev–Trinajstić information content (AvgIpc) is 2.74. The molecule has 1 amide bonds. The van der Waals surface area contributed by atoms with Gasteiger partial charge >= 0.3 is 6.18 Å². The Morgan fingerprint density at radius 3 is 2.50 bits per heavy atom. The zero-order chi connectivity index (χ0) is 19.1. The van der Waals surface area contributed by atoms with Crippen molar-refractivity contribution in [1.29, 1.82) is 0 Å². The molecule has 1 saturated carbocycles. The van der Waals surface area contributed by atoms with Crippen molar-refractivity contribution in [2.45, 2.75) is 44.0 Å². The van der Waals surface area contributed by atoms with Gasteiger partial charge in [-0.05, 0) is 31.4 Å². The predicted molar refractivity (Wildman–Crippen MR) is 84.3 cm³/mol. The number of nitrogens with zero attached hydrogens (tertiary/aromatic N) is 3. The van der Waals surface area contributed by atoms with E-state index in [0.717, 1.165) is 30.7 Å². The standard InChI is InChI=1S/C16H16F3N3O4/c17-16(18,19)15(24)12-4-2-1-3-5-13(12)20-21(15)14(23)10-6-8-11(9-7-10)22(25)26/h6-9,12,24H,1-5H2/t12-,15-/m1/s1. The predicted octanol–water partition coefficient (Wildman–Crippen LogP) is 3.24. The van der Waals surface area contributed by atoms with Crippen LogP contribution in [0.3, 0.4) is 0 Å². The zero-order valence-electron chi connectivity index (χ0n) is 13.6. The van der Waals surface area contributed by atoms with Crippen molar-refractivity contribution in [2.75, 3.05) is 0 Å². The third-order valence-electron chi connectivity index (χ3n) is 4.80. The summed E-state index contributed by atoms with van der Waals surface area (Å²) in [5.41, 5.74) is -3.77. The summed E-state index contributed by atoms with van der Waals surface area (Å²) >= 11 is 0. The van der Waals surface area contributed by atoms with Crippen molar-refractivity contribution in [3.63, 3.8) is 0 Å². The lowest BCUT2D eigenvalue weighted by molar-refractivity contribution is -0.384. The zero-order valence-corrected chi connectivity index (χ0v) is 13.6. The molecule has 26 heavy (non-hydrogen) atoms. The van der Waals surface area contributed by atoms with Crippen LogP contribution >= 0.6 is 0 Å². The van der Waals surface area contributed by atoms with E-state index in [1.807, 2.05) is 0 Å². The third-order valence-corrected chi connectivity index (χ3v) is 4.80. The second-order valence-corrected chi connectivity index (χ2v) is 6.39. The van der Waals surface area contributed by atoms with Crippen LogP contribution < -0.4 is 0 Å². The van der Waals surface area contributed by atoms with E-state index in [0.29, 0.717) is 12.8 Å². The Kier molecular flexibility index (Phi) is 4.47. The largest absolute Gasteiger partial charge is 0.439 e. The van der Waals surface area contributed by atoms with Gasteiger partial charge in [0.1, 0.15) is 0 Å². The van der Waals surface area contributed by atoms with Gasteiger partial charge in [0.2, 0.25) is 0 Å². The lowest BCUT2D eigenvalue weighted by atomic mass is 9.87. The minimum atomic E-state index is -5.09. The first-order valence-electron chi connectivity index (χ1n) is 8.11. The van der Waals surface area contributed by atoms with Crippen LogP contribution in [0.2, 0.25) is 0 Å². The highest BCUT2D eigenvalue weighted by Crippen LogP contribution is 2.48. The van der Waals surface area contributed by atoms with Crippen molar-refractivity contribution in [2.24, 2.45) is 11.0 Å². The summed E-state index contributed by atoms with van der Waals surface area (Å²) in [7, 11) is 0. The van der Waals surface area contributed by atoms with E-state index in [2.05, 4.69) is 5.10 Å². The highest BCUT2D eigenvalue weighted by molar-refractivity contribution is 5.99. The molecule has 0 spiro atoms. The number of nitro groups is 1. The van der Waals surface area contributed by atoms with E-state index in [4.69, 9.17) is 0 Å². The number of alkyl halides is 3. The van der Waals surface area contributed by atoms with E-state index in [1.165, 1.54) is 0 Å². The number of aliphatic hydroxyl groups is 1. The van der Waals surface area contributed by atoms with E-state index < -0.39 is 28.6 Å². The fourth-order valence-corrected chi connectivity index (χ4v) is 3.44. The van der Waals surface area contributed by atoms with Gasteiger partial charge in [0, 0.05) is 23.4 Å². The van der Waals surface area contributed by atoms with Crippen LogP contribution in [0.25, 0.3) is 0 Å². The maximum absolute atomic E-state index is 13.7. The second-order valence-electron chi connectivity index (χ2n) is 6.39. The van der Waals surface area contributed by atoms with Gasteiger partial charge < -0.3 is 5.11 Å². The van der Waals surface area contributed by atoms with Crippen LogP contribution in [-0.4, -0.2) is 38.6 Å². The van der Waals surface area contributed by atoms with Gasteiger partial charge in [-0.2, -0.15) is 23.3 Å². The quantitative estimate of drug-likeness (QED) is 0.638. The SMILES string of the molecule is O=C(c1ccc([N+](=O)[O-])cc1)N1N=C2CCCCC[C@H]2[C@@]1(O)C(F)(F)F. The number of non-ortho nitro benzene ring substituents is 1. The Bertz CT molecular complexity index is 763. The fraction of sp³-hybridized carbons (Fsp3) is 0.500. The molecule has 7 nitrogen and oxygen atoms in total. The molecule has 3 rings (SSSR count). The molecular formula is C16H16F3N3O4. The number of nitro benzene ring substituents is 1. The molecule has 0 saturated heterocycles. The van der Waals surface area contributed by atoms with Crippen LogP contribution in [0.5, 0.6) is 0 Å². The Morgan fingerprint density at radius 2 is 1.92 bits per heavy atom. The topological polar surface area (TPSA) is 96.0 Å². The molecule has 1 aliphatic heterocycles. The molecule has 0 unspecified atom stereocenters. The van der Waals surface area contributed by atoms with Crippen molar-refractivity contribution < 1.29 is 28.0 Å². The van der Waals surface area contributed by atoms with Gasteiger partial charge in [0.05, 0.1) is 10.8 Å². The number of halogens is 3. The molecular weight excluding hydrogens is 355 g/mol. The second kappa shape index (κ2) is 6.35. The number of amides is 1. The van der Waals surface area contributed by atoms with Gasteiger partial charge in [0.25, 0.3) is 17.3 Å². The molecule has 1 N–H and O–H groups in total. The first-order chi connectivity index (χ1) is 12.2. The molecule has 2 atom stereocenters. The summed E-state index contributed by atoms with van der Waals surface area (Å²) in [6.07, 6.45) is -2.85. The maximum atomic E-state index is 13.7. The number of fused-ring (bicyclic) bond motifs is 1. The van der Waals surface area contributed by atoms with Gasteiger partial charge in [-0.3, -0.25) is 14.9 Å². The lowest BCUT2D eigenvalue weighted by Crippen LogP contribution is -2.61. The monoisotopic (exact) mass is 371 g/mol. The molecule has 1 aromatic carbocycles. The van der Waals surface area contributed by atoms with E-state index in [9.17, 15) is 33.2 Å². The van der Waals surface area contributed by atoms with Crippen LogP contribution in [-0.2, 0) is 0 Å². The normalized spacial score (nSPS) is 26.1. The Morgan fingerprint density at radius 1 is 1.27 bits per heavy atom. The van der Waals surface area contributed by atoms with Gasteiger partial charge in [-0.25, -0.2) is 0 Å². The van der Waals surface area contributed by atoms with Crippen LogP contribution in [0.15, 0.2) is 29.4 Å². The molecule has 10 heteroatoms. The summed E-state index contributed by atoms with van der Waals surface area (Å²) in [6.45, 7) is 0. The first kappa shape index (κ1) is 18.3. The van der Waals surface area contributed by atoms with E-state index >= 15 is 0 Å². The molecule has 1 heterocycles. The van der Waals surface area contributed by atoms with E-state index in [1.54, 1.807) is 0 Å². The van der Waals surface area contributed by atoms with Gasteiger partial charge in [-0.15, -0.1) is 0 Å². The summed E-state index contributed by atoms with van der Waals surface area (Å²) in [4.78, 5) is 22.6. The molecule has 2 aliphatic rings. The highest BCUT2D eigenvalue weighted by Gasteiger charge is 2.68. The molecule has 1 fully saturated rings. The van der Waals surface area contributed by atoms with E-state index in [-0.39, 0.29) is 34.8 Å². The number of carbonyl (C=O) groups excluding carboxylic acids is 1. The number of hydrogen-bond donors (Lipinski definition) is 1. The van der Waals surface area contributed by atoms with Crippen LogP contribution in [0.1, 0.15) is 42.5 Å². The van der Waals surface area contributed by atoms with Gasteiger partial charge in [0.15, 0.2) is 0 Å². The number of rotatable bonds is 2. The molecule has 0 bridgehead atoms. The van der Waals surface area contributed by atoms with Crippen molar-refractivity contribution in [3.05, 3.63) is 39.9 Å². The Balaban J connectivity index is 2.00. The summed E-state index contributed by atoms with van der Waals surface area (Å²) in [5.74, 6) is -2.45. The van der Waals surface area contributed by atoms with Crippen molar-refractivity contribution in [3.8, 4) is 0 Å². The highest BCUT2D eigenvalue weighted by atomic mass is 19.4. The van der Waals surface area contributed by atoms with Gasteiger partial charge in [-0.1, -0.05) is 12.8 Å². The minimum absolute atomic E-state index is 0.0822. The lowest BCUT2D eigenvalue weighted by Gasteiger charge is -2.37. The summed E-state index contributed by atoms with van der Waals surface area (Å²) in [6, 6.07) is 4.12. The molecule has 0 radical (unpaired) electrons. The fourth-order valence-electron chi connectivity index (χ4n) is 3.44. The van der Waals surface area contributed by atoms with Crippen molar-refractivity contribution >= 4 is 17.3 Å². The number of hydrazone groups is 1. The third kappa shape index (κ3) is 2.83. The molecule has 140 valence electrons. The average molecular weight is 371 g/mol.